The van der Waals surface area contributed by atoms with Gasteiger partial charge in [0.05, 0.1) is 6.20 Å². The zero-order valence-corrected chi connectivity index (χ0v) is 10.7. The van der Waals surface area contributed by atoms with Crippen LogP contribution in [-0.4, -0.2) is 16.1 Å². The van der Waals surface area contributed by atoms with E-state index in [0.29, 0.717) is 11.9 Å². The van der Waals surface area contributed by atoms with Crippen molar-refractivity contribution in [2.24, 2.45) is 0 Å². The van der Waals surface area contributed by atoms with E-state index in [1.54, 1.807) is 18.3 Å². The van der Waals surface area contributed by atoms with Gasteiger partial charge in [-0.15, -0.1) is 0 Å². The molecule has 3 rings (SSSR count). The molecule has 0 spiro atoms. The Morgan fingerprint density at radius 3 is 3.05 bits per heavy atom. The summed E-state index contributed by atoms with van der Waals surface area (Å²) < 4.78 is 18.7. The number of hydrogen-bond donors (Lipinski definition) is 2. The van der Waals surface area contributed by atoms with Crippen LogP contribution in [0, 0.1) is 12.7 Å². The van der Waals surface area contributed by atoms with Crippen LogP contribution in [0.1, 0.15) is 21.8 Å². The van der Waals surface area contributed by atoms with Gasteiger partial charge in [0, 0.05) is 23.2 Å². The number of H-pyrrole nitrogens is 1. The van der Waals surface area contributed by atoms with E-state index in [-0.39, 0.29) is 17.3 Å². The fraction of sp³-hybridized carbons (Fsp3) is 0.143. The van der Waals surface area contributed by atoms with Crippen LogP contribution in [0.4, 0.5) is 4.39 Å². The second-order valence-corrected chi connectivity index (χ2v) is 4.47. The van der Waals surface area contributed by atoms with Gasteiger partial charge in [-0.2, -0.15) is 5.10 Å². The summed E-state index contributed by atoms with van der Waals surface area (Å²) in [6.45, 7) is 2.20. The lowest BCUT2D eigenvalue weighted by atomic mass is 10.2. The van der Waals surface area contributed by atoms with Crippen LogP contribution in [0.3, 0.4) is 0 Å². The molecule has 0 aliphatic carbocycles. The van der Waals surface area contributed by atoms with Crippen molar-refractivity contribution in [2.45, 2.75) is 13.5 Å². The molecule has 3 aromatic rings. The summed E-state index contributed by atoms with van der Waals surface area (Å²) in [6.07, 6.45) is 1.65. The minimum Gasteiger partial charge on any atom is -0.448 e. The number of para-hydroxylation sites is 1. The highest BCUT2D eigenvalue weighted by molar-refractivity contribution is 5.96. The molecule has 20 heavy (non-hydrogen) atoms. The Kier molecular flexibility index (Phi) is 2.98. The number of furan rings is 1. The number of aromatic amines is 1. The minimum atomic E-state index is -0.479. The van der Waals surface area contributed by atoms with E-state index in [1.807, 2.05) is 6.92 Å². The Bertz CT molecular complexity index is 776. The van der Waals surface area contributed by atoms with Crippen molar-refractivity contribution < 1.29 is 13.6 Å². The maximum Gasteiger partial charge on any atom is 0.287 e. The highest BCUT2D eigenvalue weighted by Gasteiger charge is 2.14. The maximum atomic E-state index is 13.5. The summed E-state index contributed by atoms with van der Waals surface area (Å²) in [5.74, 6) is -0.778. The quantitative estimate of drug-likeness (QED) is 0.770. The molecule has 0 unspecified atom stereocenters. The molecular weight excluding hydrogens is 261 g/mol. The molecule has 0 saturated heterocycles. The first-order valence-electron chi connectivity index (χ1n) is 6.10. The van der Waals surface area contributed by atoms with Crippen LogP contribution in [0.5, 0.6) is 0 Å². The summed E-state index contributed by atoms with van der Waals surface area (Å²) in [5, 5.41) is 9.93. The van der Waals surface area contributed by atoms with E-state index in [2.05, 4.69) is 15.5 Å². The third kappa shape index (κ3) is 2.16. The predicted octanol–water partition coefficient (Wildman–Crippen LogP) is 2.53. The van der Waals surface area contributed by atoms with Crippen LogP contribution in [0.25, 0.3) is 11.0 Å². The van der Waals surface area contributed by atoms with Gasteiger partial charge in [-0.25, -0.2) is 4.39 Å². The Hall–Kier alpha value is -2.63. The molecule has 0 bridgehead atoms. The standard InChI is InChI=1S/C14H12FN3O2/c1-8-10(7-17-18-8)6-16-14(19)12-5-9-3-2-4-11(15)13(9)20-12/h2-5,7H,6H2,1H3,(H,16,19)(H,17,18). The average Bonchev–Trinajstić information content (AvgIpc) is 3.03. The molecular formula is C14H12FN3O2. The van der Waals surface area contributed by atoms with Gasteiger partial charge in [-0.05, 0) is 19.1 Å². The van der Waals surface area contributed by atoms with E-state index < -0.39 is 5.82 Å². The zero-order valence-electron chi connectivity index (χ0n) is 10.7. The molecule has 1 aromatic carbocycles. The number of carbonyl (C=O) groups excluding carboxylic acids is 1. The lowest BCUT2D eigenvalue weighted by molar-refractivity contribution is 0.0925. The molecule has 0 aliphatic heterocycles. The van der Waals surface area contributed by atoms with Crippen molar-refractivity contribution in [3.63, 3.8) is 0 Å². The van der Waals surface area contributed by atoms with Crippen LogP contribution in [-0.2, 0) is 6.54 Å². The number of hydrogen-bond acceptors (Lipinski definition) is 3. The highest BCUT2D eigenvalue weighted by atomic mass is 19.1. The van der Waals surface area contributed by atoms with Crippen LogP contribution >= 0.6 is 0 Å². The van der Waals surface area contributed by atoms with E-state index in [1.165, 1.54) is 12.1 Å². The summed E-state index contributed by atoms with van der Waals surface area (Å²) in [6, 6.07) is 6.08. The fourth-order valence-corrected chi connectivity index (χ4v) is 1.96. The summed E-state index contributed by atoms with van der Waals surface area (Å²) in [5.41, 5.74) is 1.87. The molecule has 5 nitrogen and oxygen atoms in total. The number of aryl methyl sites for hydroxylation is 1. The second-order valence-electron chi connectivity index (χ2n) is 4.47. The first-order chi connectivity index (χ1) is 9.65. The second kappa shape index (κ2) is 4.80. The molecule has 2 aromatic heterocycles. The lowest BCUT2D eigenvalue weighted by Gasteiger charge is -2.01. The van der Waals surface area contributed by atoms with Gasteiger partial charge in [-0.3, -0.25) is 9.89 Å². The molecule has 0 aliphatic rings. The SMILES string of the molecule is Cc1[nH]ncc1CNC(=O)c1cc2cccc(F)c2o1. The number of amides is 1. The number of halogens is 1. The largest absolute Gasteiger partial charge is 0.448 e. The van der Waals surface area contributed by atoms with Crippen molar-refractivity contribution >= 4 is 16.9 Å². The third-order valence-electron chi connectivity index (χ3n) is 3.09. The Balaban J connectivity index is 1.79. The summed E-state index contributed by atoms with van der Waals surface area (Å²) >= 11 is 0. The van der Waals surface area contributed by atoms with Crippen molar-refractivity contribution in [3.05, 3.63) is 53.3 Å². The smallest absolute Gasteiger partial charge is 0.287 e. The van der Waals surface area contributed by atoms with E-state index in [0.717, 1.165) is 11.3 Å². The van der Waals surface area contributed by atoms with Gasteiger partial charge in [0.2, 0.25) is 0 Å². The highest BCUT2D eigenvalue weighted by Crippen LogP contribution is 2.22. The maximum absolute atomic E-state index is 13.5. The van der Waals surface area contributed by atoms with Crippen molar-refractivity contribution in [1.29, 1.82) is 0 Å². The monoisotopic (exact) mass is 273 g/mol. The Morgan fingerprint density at radius 2 is 2.35 bits per heavy atom. The minimum absolute atomic E-state index is 0.0891. The van der Waals surface area contributed by atoms with E-state index in [4.69, 9.17) is 4.42 Å². The molecule has 2 heterocycles. The normalized spacial score (nSPS) is 10.9. The number of rotatable bonds is 3. The first-order valence-corrected chi connectivity index (χ1v) is 6.10. The number of nitrogens with zero attached hydrogens (tertiary/aromatic N) is 1. The van der Waals surface area contributed by atoms with Gasteiger partial charge < -0.3 is 9.73 Å². The topological polar surface area (TPSA) is 70.9 Å². The number of fused-ring (bicyclic) bond motifs is 1. The zero-order chi connectivity index (χ0) is 14.1. The number of benzene rings is 1. The van der Waals surface area contributed by atoms with Gasteiger partial charge in [0.1, 0.15) is 0 Å². The summed E-state index contributed by atoms with van der Waals surface area (Å²) in [7, 11) is 0. The predicted molar refractivity (Wildman–Crippen MR) is 70.7 cm³/mol. The molecule has 1 amide bonds. The Morgan fingerprint density at radius 1 is 1.50 bits per heavy atom. The molecule has 102 valence electrons. The molecule has 0 fully saturated rings. The van der Waals surface area contributed by atoms with Crippen molar-refractivity contribution in [2.75, 3.05) is 0 Å². The van der Waals surface area contributed by atoms with Crippen LogP contribution in [0.15, 0.2) is 34.9 Å². The average molecular weight is 273 g/mol. The van der Waals surface area contributed by atoms with Crippen LogP contribution < -0.4 is 5.32 Å². The van der Waals surface area contributed by atoms with E-state index in [9.17, 15) is 9.18 Å². The molecule has 0 radical (unpaired) electrons. The summed E-state index contributed by atoms with van der Waals surface area (Å²) in [4.78, 5) is 12.0. The van der Waals surface area contributed by atoms with Gasteiger partial charge in [0.15, 0.2) is 17.2 Å². The fourth-order valence-electron chi connectivity index (χ4n) is 1.96. The van der Waals surface area contributed by atoms with Crippen LogP contribution in [0.2, 0.25) is 0 Å². The van der Waals surface area contributed by atoms with E-state index >= 15 is 0 Å². The van der Waals surface area contributed by atoms with Gasteiger partial charge >= 0.3 is 0 Å². The third-order valence-corrected chi connectivity index (χ3v) is 3.09. The number of nitrogens with one attached hydrogen (secondary N) is 2. The molecule has 6 heteroatoms. The van der Waals surface area contributed by atoms with Crippen molar-refractivity contribution in [1.82, 2.24) is 15.5 Å². The number of carbonyl (C=O) groups is 1. The van der Waals surface area contributed by atoms with Gasteiger partial charge in [0.25, 0.3) is 5.91 Å². The molecule has 0 saturated carbocycles. The number of aromatic nitrogens is 2. The lowest BCUT2D eigenvalue weighted by Crippen LogP contribution is -2.22. The van der Waals surface area contributed by atoms with Crippen molar-refractivity contribution in [3.8, 4) is 0 Å². The van der Waals surface area contributed by atoms with Gasteiger partial charge in [-0.1, -0.05) is 12.1 Å². The first kappa shape index (κ1) is 12.4. The molecule has 2 N–H and O–H groups in total. The molecule has 0 atom stereocenters. The Labute approximate surface area is 113 Å².